The molecule has 0 bridgehead atoms. The third kappa shape index (κ3) is 2.35. The van der Waals surface area contributed by atoms with Crippen LogP contribution in [0.5, 0.6) is 11.5 Å². The SMILES string of the molecule is CC1(C)OC2=C(C(=O)c3cc(O)cc(O)c3C2=O)C2C=C(CO)C(O)C(O)C21. The van der Waals surface area contributed by atoms with Gasteiger partial charge in [-0.2, -0.15) is 0 Å². The molecule has 0 fully saturated rings. The molecule has 148 valence electrons. The monoisotopic (exact) mass is 388 g/mol. The van der Waals surface area contributed by atoms with E-state index in [9.17, 15) is 35.1 Å². The molecule has 4 atom stereocenters. The Kier molecular flexibility index (Phi) is 3.94. The molecule has 0 spiro atoms. The van der Waals surface area contributed by atoms with Gasteiger partial charge in [-0.15, -0.1) is 0 Å². The largest absolute Gasteiger partial charge is 0.508 e. The molecule has 0 aromatic heterocycles. The highest BCUT2D eigenvalue weighted by Crippen LogP contribution is 2.51. The van der Waals surface area contributed by atoms with Crippen LogP contribution < -0.4 is 0 Å². The summed E-state index contributed by atoms with van der Waals surface area (Å²) in [7, 11) is 0. The summed E-state index contributed by atoms with van der Waals surface area (Å²) in [6.45, 7) is 2.74. The summed E-state index contributed by atoms with van der Waals surface area (Å²) in [5.41, 5.74) is -1.42. The van der Waals surface area contributed by atoms with Gasteiger partial charge in [-0.3, -0.25) is 9.59 Å². The van der Waals surface area contributed by atoms with Crippen molar-refractivity contribution in [1.29, 1.82) is 0 Å². The molecule has 4 unspecified atom stereocenters. The first-order valence-corrected chi connectivity index (χ1v) is 8.84. The fourth-order valence-corrected chi connectivity index (χ4v) is 4.56. The van der Waals surface area contributed by atoms with Gasteiger partial charge in [0.15, 0.2) is 11.5 Å². The van der Waals surface area contributed by atoms with E-state index in [1.54, 1.807) is 13.8 Å². The lowest BCUT2D eigenvalue weighted by atomic mass is 9.63. The highest BCUT2D eigenvalue weighted by Gasteiger charge is 2.56. The second-order valence-electron chi connectivity index (χ2n) is 7.88. The Balaban J connectivity index is 1.98. The second kappa shape index (κ2) is 5.91. The number of ether oxygens (including phenoxy) is 1. The average molecular weight is 388 g/mol. The van der Waals surface area contributed by atoms with Gasteiger partial charge in [-0.1, -0.05) is 6.08 Å². The summed E-state index contributed by atoms with van der Waals surface area (Å²) >= 11 is 0. The highest BCUT2D eigenvalue weighted by molar-refractivity contribution is 6.27. The molecule has 5 N–H and O–H groups in total. The number of hydrogen-bond acceptors (Lipinski definition) is 8. The van der Waals surface area contributed by atoms with Gasteiger partial charge in [0.1, 0.15) is 23.2 Å². The molecule has 1 aromatic rings. The number of phenols is 2. The molecule has 8 nitrogen and oxygen atoms in total. The van der Waals surface area contributed by atoms with Gasteiger partial charge in [0.25, 0.3) is 0 Å². The minimum absolute atomic E-state index is 0.0243. The quantitative estimate of drug-likeness (QED) is 0.436. The van der Waals surface area contributed by atoms with E-state index in [4.69, 9.17) is 4.74 Å². The Hall–Kier alpha value is -2.68. The van der Waals surface area contributed by atoms with Crippen LogP contribution in [0.25, 0.3) is 0 Å². The number of Topliss-reactive ketones (excluding diaryl/α,β-unsaturated/α-hetero) is 2. The van der Waals surface area contributed by atoms with E-state index in [2.05, 4.69) is 0 Å². The third-order valence-corrected chi connectivity index (χ3v) is 5.81. The number of aliphatic hydroxyl groups is 3. The zero-order chi connectivity index (χ0) is 20.5. The third-order valence-electron chi connectivity index (χ3n) is 5.81. The van der Waals surface area contributed by atoms with Gasteiger partial charge in [0.2, 0.25) is 5.78 Å². The van der Waals surface area contributed by atoms with Crippen LogP contribution in [-0.2, 0) is 4.74 Å². The number of phenolic OH excluding ortho intramolecular Hbond substituents is 2. The summed E-state index contributed by atoms with van der Waals surface area (Å²) in [6, 6.07) is 2.06. The summed E-state index contributed by atoms with van der Waals surface area (Å²) in [5, 5.41) is 50.3. The van der Waals surface area contributed by atoms with Crippen LogP contribution in [0.4, 0.5) is 0 Å². The number of hydrogen-bond donors (Lipinski definition) is 5. The Labute approximate surface area is 160 Å². The molecule has 1 heterocycles. The van der Waals surface area contributed by atoms with Crippen molar-refractivity contribution in [2.45, 2.75) is 31.7 Å². The van der Waals surface area contributed by atoms with Crippen LogP contribution in [0.1, 0.15) is 34.6 Å². The number of aliphatic hydroxyl groups excluding tert-OH is 3. The van der Waals surface area contributed by atoms with Gasteiger partial charge in [0.05, 0.1) is 23.8 Å². The first-order valence-electron chi connectivity index (χ1n) is 8.84. The molecule has 2 aliphatic carbocycles. The number of ketones is 2. The van der Waals surface area contributed by atoms with E-state index in [0.717, 1.165) is 12.1 Å². The fraction of sp³-hybridized carbons (Fsp3) is 0.400. The van der Waals surface area contributed by atoms with Crippen molar-refractivity contribution in [3.8, 4) is 11.5 Å². The zero-order valence-electron chi connectivity index (χ0n) is 15.2. The minimum atomic E-state index is -1.33. The number of carbonyl (C=O) groups is 2. The van der Waals surface area contributed by atoms with Crippen LogP contribution in [0.2, 0.25) is 0 Å². The Morgan fingerprint density at radius 1 is 1.11 bits per heavy atom. The van der Waals surface area contributed by atoms with Gasteiger partial charge < -0.3 is 30.3 Å². The molecule has 0 saturated heterocycles. The van der Waals surface area contributed by atoms with Gasteiger partial charge in [-0.25, -0.2) is 0 Å². The number of allylic oxidation sites excluding steroid dienone is 3. The van der Waals surface area contributed by atoms with E-state index in [0.29, 0.717) is 0 Å². The lowest BCUT2D eigenvalue weighted by Crippen LogP contribution is -2.57. The fourth-order valence-electron chi connectivity index (χ4n) is 4.56. The number of rotatable bonds is 1. The van der Waals surface area contributed by atoms with Crippen molar-refractivity contribution in [1.82, 2.24) is 0 Å². The summed E-state index contributed by atoms with van der Waals surface area (Å²) in [5.74, 6) is -4.03. The van der Waals surface area contributed by atoms with Crippen LogP contribution in [0.3, 0.4) is 0 Å². The predicted octanol–water partition coefficient (Wildman–Crippen LogP) is 0.426. The zero-order valence-corrected chi connectivity index (χ0v) is 15.2. The molecular weight excluding hydrogens is 368 g/mol. The maximum Gasteiger partial charge on any atom is 0.232 e. The molecule has 28 heavy (non-hydrogen) atoms. The van der Waals surface area contributed by atoms with Crippen molar-refractivity contribution < 1.29 is 39.9 Å². The lowest BCUT2D eigenvalue weighted by molar-refractivity contribution is -0.124. The average Bonchev–Trinajstić information content (AvgIpc) is 2.60. The molecule has 0 amide bonds. The maximum atomic E-state index is 13.2. The topological polar surface area (TPSA) is 145 Å². The van der Waals surface area contributed by atoms with Crippen LogP contribution in [-0.4, -0.2) is 61.5 Å². The number of fused-ring (bicyclic) bond motifs is 3. The van der Waals surface area contributed by atoms with Gasteiger partial charge >= 0.3 is 0 Å². The van der Waals surface area contributed by atoms with Gasteiger partial charge in [0, 0.05) is 23.5 Å². The van der Waals surface area contributed by atoms with Gasteiger partial charge in [-0.05, 0) is 25.5 Å². The van der Waals surface area contributed by atoms with Crippen molar-refractivity contribution in [3.63, 3.8) is 0 Å². The Bertz CT molecular complexity index is 971. The molecule has 0 radical (unpaired) electrons. The normalized spacial score (nSPS) is 30.8. The standard InChI is InChI=1S/C20H20O8/c1-20(2)14-9(3-7(6-21)15(24)18(14)27)13-16(25)10-4-8(22)5-11(23)12(10)17(26)19(13)28-20/h3-5,9,14-15,18,21-24,27H,6H2,1-2H3. The first kappa shape index (κ1) is 18.7. The van der Waals surface area contributed by atoms with Crippen molar-refractivity contribution in [2.24, 2.45) is 11.8 Å². The smallest absolute Gasteiger partial charge is 0.232 e. The molecule has 4 rings (SSSR count). The summed E-state index contributed by atoms with van der Waals surface area (Å²) < 4.78 is 5.83. The minimum Gasteiger partial charge on any atom is -0.508 e. The lowest BCUT2D eigenvalue weighted by Gasteiger charge is -2.50. The molecule has 1 aliphatic heterocycles. The van der Waals surface area contributed by atoms with Crippen molar-refractivity contribution >= 4 is 11.6 Å². The first-order chi connectivity index (χ1) is 13.1. The number of benzene rings is 1. The Morgan fingerprint density at radius 2 is 1.79 bits per heavy atom. The van der Waals surface area contributed by atoms with Crippen LogP contribution in [0.15, 0.2) is 35.1 Å². The van der Waals surface area contributed by atoms with Crippen molar-refractivity contribution in [3.05, 3.63) is 46.2 Å². The number of aromatic hydroxyl groups is 2. The second-order valence-corrected chi connectivity index (χ2v) is 7.88. The van der Waals surface area contributed by atoms with E-state index >= 15 is 0 Å². The van der Waals surface area contributed by atoms with E-state index in [1.807, 2.05) is 0 Å². The molecule has 8 heteroatoms. The molecular formula is C20H20O8. The van der Waals surface area contributed by atoms with Crippen molar-refractivity contribution in [2.75, 3.05) is 6.61 Å². The van der Waals surface area contributed by atoms with E-state index in [1.165, 1.54) is 6.08 Å². The van der Waals surface area contributed by atoms with Crippen LogP contribution in [0, 0.1) is 11.8 Å². The summed E-state index contributed by atoms with van der Waals surface area (Å²) in [6.07, 6.45) is -1.17. The Morgan fingerprint density at radius 3 is 2.43 bits per heavy atom. The maximum absolute atomic E-state index is 13.2. The molecule has 1 aromatic carbocycles. The predicted molar refractivity (Wildman–Crippen MR) is 94.8 cm³/mol. The van der Waals surface area contributed by atoms with E-state index in [-0.39, 0.29) is 33.8 Å². The highest BCUT2D eigenvalue weighted by atomic mass is 16.5. The van der Waals surface area contributed by atoms with Crippen LogP contribution >= 0.6 is 0 Å². The van der Waals surface area contributed by atoms with E-state index < -0.39 is 53.6 Å². The molecule has 0 saturated carbocycles. The summed E-state index contributed by atoms with van der Waals surface area (Å²) in [4.78, 5) is 26.2. The molecule has 3 aliphatic rings. The number of carbonyl (C=O) groups excluding carboxylic acids is 2.